The highest BCUT2D eigenvalue weighted by atomic mass is 35.5. The first-order chi connectivity index (χ1) is 8.69. The second-order valence-electron chi connectivity index (χ2n) is 6.78. The molecule has 1 aromatic carbocycles. The smallest absolute Gasteiger partial charge is 0.145 e. The van der Waals surface area contributed by atoms with Gasteiger partial charge < -0.3 is 5.73 Å². The molecule has 0 aliphatic carbocycles. The van der Waals surface area contributed by atoms with Gasteiger partial charge in [0.2, 0.25) is 0 Å². The third-order valence-corrected chi connectivity index (χ3v) is 3.47. The van der Waals surface area contributed by atoms with Crippen molar-refractivity contribution < 1.29 is 4.39 Å². The van der Waals surface area contributed by atoms with Crippen LogP contribution in [-0.4, -0.2) is 6.04 Å². The maximum Gasteiger partial charge on any atom is 0.145 e. The van der Waals surface area contributed by atoms with Crippen LogP contribution in [0.25, 0.3) is 0 Å². The van der Waals surface area contributed by atoms with Crippen molar-refractivity contribution in [2.75, 3.05) is 0 Å². The minimum atomic E-state index is -0.330. The lowest BCUT2D eigenvalue weighted by Crippen LogP contribution is -2.27. The van der Waals surface area contributed by atoms with Crippen LogP contribution in [0.5, 0.6) is 0 Å². The van der Waals surface area contributed by atoms with Crippen molar-refractivity contribution in [1.29, 1.82) is 0 Å². The minimum absolute atomic E-state index is 0.0229. The maximum absolute atomic E-state index is 13.8. The second kappa shape index (κ2) is 6.71. The normalized spacial score (nSPS) is 15.3. The van der Waals surface area contributed by atoms with Crippen molar-refractivity contribution in [2.24, 2.45) is 17.1 Å². The summed E-state index contributed by atoms with van der Waals surface area (Å²) in [6.07, 6.45) is 2.57. The first kappa shape index (κ1) is 16.5. The average Bonchev–Trinajstić information content (AvgIpc) is 2.21. The Morgan fingerprint density at radius 3 is 2.53 bits per heavy atom. The Labute approximate surface area is 121 Å². The summed E-state index contributed by atoms with van der Waals surface area (Å²) in [4.78, 5) is 0. The van der Waals surface area contributed by atoms with Crippen molar-refractivity contribution >= 4 is 11.6 Å². The zero-order valence-electron chi connectivity index (χ0n) is 12.3. The molecule has 2 atom stereocenters. The summed E-state index contributed by atoms with van der Waals surface area (Å²) in [5.74, 6) is 0.209. The van der Waals surface area contributed by atoms with Crippen LogP contribution < -0.4 is 5.73 Å². The fraction of sp³-hybridized carbons (Fsp3) is 0.625. The summed E-state index contributed by atoms with van der Waals surface area (Å²) in [5, 5.41) is 0.174. The molecule has 1 aromatic rings. The van der Waals surface area contributed by atoms with Crippen molar-refractivity contribution in [3.8, 4) is 0 Å². The van der Waals surface area contributed by atoms with Crippen LogP contribution in [0, 0.1) is 17.2 Å². The van der Waals surface area contributed by atoms with Crippen LogP contribution in [0.2, 0.25) is 5.02 Å². The van der Waals surface area contributed by atoms with Crippen molar-refractivity contribution in [2.45, 2.75) is 53.0 Å². The molecule has 2 unspecified atom stereocenters. The number of hydrogen-bond acceptors (Lipinski definition) is 1. The fourth-order valence-electron chi connectivity index (χ4n) is 2.72. The van der Waals surface area contributed by atoms with Crippen LogP contribution in [0.15, 0.2) is 18.2 Å². The van der Waals surface area contributed by atoms with Gasteiger partial charge in [-0.15, -0.1) is 0 Å². The second-order valence-corrected chi connectivity index (χ2v) is 7.19. The molecule has 0 saturated heterocycles. The molecule has 0 amide bonds. The summed E-state index contributed by atoms with van der Waals surface area (Å²) in [6, 6.07) is 5.07. The van der Waals surface area contributed by atoms with Crippen molar-refractivity contribution in [1.82, 2.24) is 0 Å². The molecule has 0 spiro atoms. The molecular weight excluding hydrogens is 261 g/mol. The summed E-state index contributed by atoms with van der Waals surface area (Å²) < 4.78 is 13.8. The standard InChI is InChI=1S/C16H25ClFN/c1-11(10-16(2,3)4)8-13(19)9-12-6-5-7-14(17)15(12)18/h5-7,11,13H,8-10,19H2,1-4H3. The summed E-state index contributed by atoms with van der Waals surface area (Å²) >= 11 is 5.77. The Morgan fingerprint density at radius 2 is 1.95 bits per heavy atom. The minimum Gasteiger partial charge on any atom is -0.327 e. The number of rotatable bonds is 5. The van der Waals surface area contributed by atoms with Gasteiger partial charge >= 0.3 is 0 Å². The highest BCUT2D eigenvalue weighted by molar-refractivity contribution is 6.30. The van der Waals surface area contributed by atoms with Gasteiger partial charge in [-0.2, -0.15) is 0 Å². The quantitative estimate of drug-likeness (QED) is 0.825. The van der Waals surface area contributed by atoms with E-state index in [2.05, 4.69) is 27.7 Å². The molecule has 19 heavy (non-hydrogen) atoms. The molecule has 0 fully saturated rings. The van der Waals surface area contributed by atoms with Crippen LogP contribution in [0.4, 0.5) is 4.39 Å². The van der Waals surface area contributed by atoms with Gasteiger partial charge in [0.05, 0.1) is 5.02 Å². The van der Waals surface area contributed by atoms with E-state index in [-0.39, 0.29) is 16.9 Å². The molecule has 0 saturated carbocycles. The van der Waals surface area contributed by atoms with Gasteiger partial charge in [-0.25, -0.2) is 4.39 Å². The number of hydrogen-bond donors (Lipinski definition) is 1. The first-order valence-electron chi connectivity index (χ1n) is 6.87. The third-order valence-electron chi connectivity index (χ3n) is 3.18. The molecule has 0 aliphatic rings. The van der Waals surface area contributed by atoms with E-state index in [0.29, 0.717) is 23.3 Å². The Kier molecular flexibility index (Phi) is 5.82. The number of halogens is 2. The number of benzene rings is 1. The van der Waals surface area contributed by atoms with Gasteiger partial charge in [0.25, 0.3) is 0 Å². The zero-order chi connectivity index (χ0) is 14.6. The lowest BCUT2D eigenvalue weighted by atomic mass is 9.82. The SMILES string of the molecule is CC(CC(N)Cc1cccc(Cl)c1F)CC(C)(C)C. The highest BCUT2D eigenvalue weighted by Gasteiger charge is 2.18. The molecule has 0 aromatic heterocycles. The van der Waals surface area contributed by atoms with Crippen LogP contribution in [0.1, 0.15) is 46.1 Å². The zero-order valence-corrected chi connectivity index (χ0v) is 13.1. The van der Waals surface area contributed by atoms with E-state index in [9.17, 15) is 4.39 Å². The first-order valence-corrected chi connectivity index (χ1v) is 7.25. The summed E-state index contributed by atoms with van der Waals surface area (Å²) in [5.41, 5.74) is 7.05. The predicted octanol–water partition coefficient (Wildman–Crippen LogP) is 4.81. The van der Waals surface area contributed by atoms with Gasteiger partial charge in [-0.3, -0.25) is 0 Å². The van der Waals surface area contributed by atoms with E-state index in [1.807, 2.05) is 0 Å². The Morgan fingerprint density at radius 1 is 1.32 bits per heavy atom. The van der Waals surface area contributed by atoms with E-state index < -0.39 is 0 Å². The van der Waals surface area contributed by atoms with Gasteiger partial charge in [-0.05, 0) is 42.2 Å². The Bertz CT molecular complexity index is 412. The molecule has 0 bridgehead atoms. The topological polar surface area (TPSA) is 26.0 Å². The summed E-state index contributed by atoms with van der Waals surface area (Å²) in [6.45, 7) is 8.89. The third kappa shape index (κ3) is 5.92. The van der Waals surface area contributed by atoms with Gasteiger partial charge in [-0.1, -0.05) is 51.4 Å². The van der Waals surface area contributed by atoms with Crippen molar-refractivity contribution in [3.63, 3.8) is 0 Å². The Balaban J connectivity index is 2.56. The van der Waals surface area contributed by atoms with E-state index in [0.717, 1.165) is 12.8 Å². The summed E-state index contributed by atoms with van der Waals surface area (Å²) in [7, 11) is 0. The average molecular weight is 286 g/mol. The predicted molar refractivity (Wildman–Crippen MR) is 80.9 cm³/mol. The highest BCUT2D eigenvalue weighted by Crippen LogP contribution is 2.27. The lowest BCUT2D eigenvalue weighted by molar-refractivity contribution is 0.285. The van der Waals surface area contributed by atoms with E-state index in [1.54, 1.807) is 18.2 Å². The largest absolute Gasteiger partial charge is 0.327 e. The van der Waals surface area contributed by atoms with E-state index in [4.69, 9.17) is 17.3 Å². The van der Waals surface area contributed by atoms with E-state index in [1.165, 1.54) is 0 Å². The van der Waals surface area contributed by atoms with E-state index >= 15 is 0 Å². The molecule has 1 nitrogen and oxygen atoms in total. The van der Waals surface area contributed by atoms with Crippen LogP contribution in [0.3, 0.4) is 0 Å². The van der Waals surface area contributed by atoms with Gasteiger partial charge in [0.15, 0.2) is 0 Å². The van der Waals surface area contributed by atoms with Gasteiger partial charge in [0, 0.05) is 6.04 Å². The Hall–Kier alpha value is -0.600. The molecular formula is C16H25ClFN. The fourth-order valence-corrected chi connectivity index (χ4v) is 2.91. The van der Waals surface area contributed by atoms with Crippen LogP contribution in [-0.2, 0) is 6.42 Å². The molecule has 0 aliphatic heterocycles. The van der Waals surface area contributed by atoms with Crippen LogP contribution >= 0.6 is 11.6 Å². The monoisotopic (exact) mass is 285 g/mol. The lowest BCUT2D eigenvalue weighted by Gasteiger charge is -2.25. The molecule has 0 radical (unpaired) electrons. The molecule has 108 valence electrons. The van der Waals surface area contributed by atoms with Gasteiger partial charge in [0.1, 0.15) is 5.82 Å². The molecule has 3 heteroatoms. The van der Waals surface area contributed by atoms with Crippen molar-refractivity contribution in [3.05, 3.63) is 34.6 Å². The molecule has 2 N–H and O–H groups in total. The molecule has 1 rings (SSSR count). The molecule has 0 heterocycles. The number of nitrogens with two attached hydrogens (primary N) is 1. The maximum atomic E-state index is 13.8.